The molecule has 0 saturated heterocycles. The summed E-state index contributed by atoms with van der Waals surface area (Å²) < 4.78 is 33.5. The molecule has 0 aromatic rings. The number of rotatable bonds is 44. The quantitative estimate of drug-likeness (QED) is 0.0269. The van der Waals surface area contributed by atoms with E-state index >= 15 is 0 Å². The Morgan fingerprint density at radius 3 is 1.27 bits per heavy atom. The highest BCUT2D eigenvalue weighted by atomic mass is 31.2. The molecule has 8 nitrogen and oxygen atoms in total. The van der Waals surface area contributed by atoms with Crippen molar-refractivity contribution in [1.82, 2.24) is 0 Å². The zero-order chi connectivity index (χ0) is 45.1. The minimum atomic E-state index is -4.31. The summed E-state index contributed by atoms with van der Waals surface area (Å²) in [4.78, 5) is 22.6. The van der Waals surface area contributed by atoms with Gasteiger partial charge in [0.25, 0.3) is 0 Å². The highest BCUT2D eigenvalue weighted by Gasteiger charge is 2.25. The average molecular weight is 882 g/mol. The molecule has 62 heavy (non-hydrogen) atoms. The van der Waals surface area contributed by atoms with E-state index in [1.165, 1.54) is 38.5 Å². The van der Waals surface area contributed by atoms with E-state index in [0.717, 1.165) is 103 Å². The summed E-state index contributed by atoms with van der Waals surface area (Å²) in [6.45, 7) is 4.59. The Kier molecular flexibility index (Phi) is 46.5. The van der Waals surface area contributed by atoms with E-state index in [1.807, 2.05) is 0 Å². The van der Waals surface area contributed by atoms with Gasteiger partial charge in [-0.05, 0) is 103 Å². The third kappa shape index (κ3) is 47.9. The minimum Gasteiger partial charge on any atom is -0.457 e. The average Bonchev–Trinajstić information content (AvgIpc) is 3.26. The first kappa shape index (κ1) is 58.9. The molecule has 0 fully saturated rings. The second-order valence-electron chi connectivity index (χ2n) is 15.2. The molecule has 0 amide bonds. The molecular formula is C53H88NO7P. The van der Waals surface area contributed by atoms with Crippen molar-refractivity contribution in [1.29, 1.82) is 0 Å². The molecule has 0 rings (SSSR count). The van der Waals surface area contributed by atoms with Crippen LogP contribution in [0.5, 0.6) is 0 Å². The van der Waals surface area contributed by atoms with Crippen LogP contribution in [0.4, 0.5) is 0 Å². The summed E-state index contributed by atoms with van der Waals surface area (Å²) in [5, 5.41) is 0. The third-order valence-corrected chi connectivity index (χ3v) is 10.4. The summed E-state index contributed by atoms with van der Waals surface area (Å²) in [6.07, 6.45) is 68.0. The van der Waals surface area contributed by atoms with E-state index in [0.29, 0.717) is 13.0 Å². The lowest BCUT2D eigenvalue weighted by atomic mass is 10.1. The highest BCUT2D eigenvalue weighted by molar-refractivity contribution is 7.47. The van der Waals surface area contributed by atoms with Gasteiger partial charge in [0.2, 0.25) is 0 Å². The van der Waals surface area contributed by atoms with Crippen LogP contribution in [-0.4, -0.2) is 49.9 Å². The van der Waals surface area contributed by atoms with E-state index < -0.39 is 13.9 Å². The molecule has 2 unspecified atom stereocenters. The molecule has 0 aliphatic heterocycles. The molecule has 0 heterocycles. The molecule has 0 bridgehead atoms. The summed E-state index contributed by atoms with van der Waals surface area (Å²) in [5.41, 5.74) is 5.38. The molecule has 2 atom stereocenters. The number of hydrogen-bond acceptors (Lipinski definition) is 7. The molecule has 3 N–H and O–H groups in total. The van der Waals surface area contributed by atoms with Crippen LogP contribution in [0.3, 0.4) is 0 Å². The Morgan fingerprint density at radius 2 is 0.855 bits per heavy atom. The molecule has 352 valence electrons. The maximum Gasteiger partial charge on any atom is 0.472 e. The second kappa shape index (κ2) is 48.9. The zero-order valence-corrected chi connectivity index (χ0v) is 39.9. The zero-order valence-electron chi connectivity index (χ0n) is 39.1. The smallest absolute Gasteiger partial charge is 0.457 e. The van der Waals surface area contributed by atoms with Gasteiger partial charge < -0.3 is 20.1 Å². The second-order valence-corrected chi connectivity index (χ2v) is 16.7. The molecule has 0 aromatic heterocycles. The van der Waals surface area contributed by atoms with Crippen LogP contribution in [-0.2, 0) is 27.9 Å². The number of unbranched alkanes of at least 4 members (excludes halogenated alkanes) is 11. The highest BCUT2D eigenvalue weighted by Crippen LogP contribution is 2.43. The van der Waals surface area contributed by atoms with E-state index in [2.05, 4.69) is 135 Å². The Bertz CT molecular complexity index is 1360. The van der Waals surface area contributed by atoms with Gasteiger partial charge in [-0.1, -0.05) is 180 Å². The Balaban J connectivity index is 4.11. The van der Waals surface area contributed by atoms with Gasteiger partial charge in [0.05, 0.1) is 19.8 Å². The van der Waals surface area contributed by atoms with E-state index in [-0.39, 0.29) is 38.8 Å². The van der Waals surface area contributed by atoms with Crippen LogP contribution < -0.4 is 5.73 Å². The van der Waals surface area contributed by atoms with Crippen molar-refractivity contribution >= 4 is 13.8 Å². The summed E-state index contributed by atoms with van der Waals surface area (Å²) in [5.74, 6) is -0.379. The maximum atomic E-state index is 12.6. The lowest BCUT2D eigenvalue weighted by Crippen LogP contribution is -2.28. The van der Waals surface area contributed by atoms with Crippen molar-refractivity contribution in [3.8, 4) is 0 Å². The minimum absolute atomic E-state index is 0.0846. The molecule has 0 spiro atoms. The lowest BCUT2D eigenvalue weighted by molar-refractivity contribution is -0.154. The fourth-order valence-electron chi connectivity index (χ4n) is 5.93. The van der Waals surface area contributed by atoms with Gasteiger partial charge in [-0.3, -0.25) is 13.8 Å². The van der Waals surface area contributed by atoms with Crippen LogP contribution in [0.25, 0.3) is 0 Å². The summed E-state index contributed by atoms with van der Waals surface area (Å²) in [6, 6.07) is 0. The fourth-order valence-corrected chi connectivity index (χ4v) is 6.70. The lowest BCUT2D eigenvalue weighted by Gasteiger charge is -2.20. The maximum absolute atomic E-state index is 12.6. The first-order valence-electron chi connectivity index (χ1n) is 24.0. The molecule has 0 aromatic carbocycles. The predicted octanol–water partition coefficient (Wildman–Crippen LogP) is 15.0. The van der Waals surface area contributed by atoms with Crippen molar-refractivity contribution in [2.45, 2.75) is 174 Å². The number of hydrogen-bond donors (Lipinski definition) is 2. The van der Waals surface area contributed by atoms with Crippen molar-refractivity contribution < 1.29 is 32.8 Å². The van der Waals surface area contributed by atoms with Crippen LogP contribution >= 0.6 is 7.82 Å². The van der Waals surface area contributed by atoms with E-state index in [1.54, 1.807) is 0 Å². The van der Waals surface area contributed by atoms with E-state index in [4.69, 9.17) is 24.3 Å². The van der Waals surface area contributed by atoms with Gasteiger partial charge in [0, 0.05) is 19.6 Å². The van der Waals surface area contributed by atoms with Gasteiger partial charge in [-0.25, -0.2) is 4.57 Å². The van der Waals surface area contributed by atoms with E-state index in [9.17, 15) is 14.3 Å². The Morgan fingerprint density at radius 1 is 0.484 bits per heavy atom. The van der Waals surface area contributed by atoms with Crippen molar-refractivity contribution in [2.75, 3.05) is 33.0 Å². The standard InChI is InChI=1S/C53H88NO7P/c1-3-5-7-9-11-13-15-17-19-21-23-25-27-29-31-33-35-37-39-41-43-45-48-58-50-52(51-60-62(56,57)59-49-47-54)61-53(55)46-44-42-40-38-36-34-32-30-28-26-24-22-20-18-16-14-12-10-8-6-4-2/h5-8,11-14,17-20,23-26,30,32,36,38,52H,3-4,9-10,15-16,21-22,27-29,31,33-35,37,39-51,54H2,1-2H3,(H,56,57)/b7-5-,8-6-,13-11-,14-12-,19-17-,20-18-,25-23-,26-24-,32-30-,38-36-. The van der Waals surface area contributed by atoms with Gasteiger partial charge in [0.15, 0.2) is 0 Å². The van der Waals surface area contributed by atoms with Crippen molar-refractivity contribution in [2.24, 2.45) is 5.73 Å². The first-order chi connectivity index (χ1) is 30.4. The van der Waals surface area contributed by atoms with Gasteiger partial charge >= 0.3 is 13.8 Å². The predicted molar refractivity (Wildman–Crippen MR) is 265 cm³/mol. The number of ether oxygens (including phenoxy) is 2. The largest absolute Gasteiger partial charge is 0.472 e. The Labute approximate surface area is 379 Å². The molecule has 0 aliphatic carbocycles. The van der Waals surface area contributed by atoms with Crippen molar-refractivity contribution in [3.05, 3.63) is 122 Å². The topological polar surface area (TPSA) is 117 Å². The summed E-state index contributed by atoms with van der Waals surface area (Å²) >= 11 is 0. The number of phosphoric ester groups is 1. The van der Waals surface area contributed by atoms with Crippen LogP contribution in [0.1, 0.15) is 168 Å². The molecule has 0 radical (unpaired) electrons. The monoisotopic (exact) mass is 882 g/mol. The molecule has 0 saturated carbocycles. The van der Waals surface area contributed by atoms with Crippen LogP contribution in [0.2, 0.25) is 0 Å². The number of nitrogens with two attached hydrogens (primary N) is 1. The molecule has 0 aliphatic rings. The number of phosphoric acid groups is 1. The third-order valence-electron chi connectivity index (χ3n) is 9.37. The van der Waals surface area contributed by atoms with Gasteiger partial charge in [-0.15, -0.1) is 0 Å². The molecule has 9 heteroatoms. The van der Waals surface area contributed by atoms with Crippen LogP contribution in [0, 0.1) is 0 Å². The molecular weight excluding hydrogens is 794 g/mol. The first-order valence-corrected chi connectivity index (χ1v) is 25.5. The fraction of sp³-hybridized carbons (Fsp3) is 0.604. The Hall–Kier alpha value is -3.10. The van der Waals surface area contributed by atoms with Crippen LogP contribution in [0.15, 0.2) is 122 Å². The number of carbonyl (C=O) groups is 1. The number of esters is 1. The summed E-state index contributed by atoms with van der Waals surface area (Å²) in [7, 11) is -4.31. The number of carbonyl (C=O) groups excluding carboxylic acids is 1. The van der Waals surface area contributed by atoms with Crippen molar-refractivity contribution in [3.63, 3.8) is 0 Å². The van der Waals surface area contributed by atoms with Gasteiger partial charge in [-0.2, -0.15) is 0 Å². The number of allylic oxidation sites excluding steroid dienone is 20. The SMILES string of the molecule is CC/C=C\C/C=C\C/C=C\C/C=C\C/C=C\C/C=C\CCCCC(=O)OC(COCCCCCCCCCCC/C=C\C/C=C\C/C=C\C/C=C\CC)COP(=O)(O)OCCN. The van der Waals surface area contributed by atoms with Gasteiger partial charge in [0.1, 0.15) is 6.10 Å². The normalized spacial score (nSPS) is 14.5.